The Balaban J connectivity index is 0.917. The van der Waals surface area contributed by atoms with E-state index in [1.165, 1.54) is 66.4 Å². The average molecular weight is 702 g/mol. The van der Waals surface area contributed by atoms with Crippen LogP contribution in [-0.2, 0) is 0 Å². The molecule has 1 aliphatic carbocycles. The van der Waals surface area contributed by atoms with Gasteiger partial charge >= 0.3 is 0 Å². The maximum absolute atomic E-state index is 6.23. The van der Waals surface area contributed by atoms with E-state index in [2.05, 4.69) is 174 Å². The summed E-state index contributed by atoms with van der Waals surface area (Å²) in [6.07, 6.45) is 1.87. The van der Waals surface area contributed by atoms with Crippen molar-refractivity contribution in [3.05, 3.63) is 199 Å². The molecule has 1 aliphatic rings. The fourth-order valence-electron chi connectivity index (χ4n) is 9.03. The predicted octanol–water partition coefficient (Wildman–Crippen LogP) is 13.1. The van der Waals surface area contributed by atoms with E-state index in [9.17, 15) is 0 Å². The highest BCUT2D eigenvalue weighted by Gasteiger charge is 2.30. The van der Waals surface area contributed by atoms with Crippen molar-refractivity contribution in [2.24, 2.45) is 0 Å². The molecule has 1 unspecified atom stereocenters. The number of benzene rings is 8. The first-order valence-corrected chi connectivity index (χ1v) is 18.8. The molecule has 0 aliphatic heterocycles. The van der Waals surface area contributed by atoms with Gasteiger partial charge in [-0.25, -0.2) is 9.97 Å². The van der Waals surface area contributed by atoms with Gasteiger partial charge in [0.1, 0.15) is 11.1 Å². The van der Waals surface area contributed by atoms with Crippen molar-refractivity contribution in [3.63, 3.8) is 0 Å². The highest BCUT2D eigenvalue weighted by molar-refractivity contribution is 6.17. The maximum Gasteiger partial charge on any atom is 0.246 e. The van der Waals surface area contributed by atoms with E-state index in [4.69, 9.17) is 14.4 Å². The molecule has 0 N–H and O–H groups in total. The van der Waals surface area contributed by atoms with E-state index in [0.717, 1.165) is 38.5 Å². The first kappa shape index (κ1) is 30.2. The van der Waals surface area contributed by atoms with Crippen LogP contribution in [0.3, 0.4) is 0 Å². The third-order valence-electron chi connectivity index (χ3n) is 11.6. The van der Waals surface area contributed by atoms with Crippen molar-refractivity contribution < 1.29 is 4.42 Å². The molecule has 55 heavy (non-hydrogen) atoms. The minimum atomic E-state index is 0.137. The quantitative estimate of drug-likeness (QED) is 0.183. The Hall–Kier alpha value is -7.30. The molecule has 8 aromatic carbocycles. The molecule has 0 saturated carbocycles. The van der Waals surface area contributed by atoms with Crippen molar-refractivity contribution in [3.8, 4) is 39.2 Å². The molecule has 0 bridgehead atoms. The minimum Gasteiger partial charge on any atom is -0.436 e. The number of nitrogens with zero attached hydrogens (tertiary/aromatic N) is 3. The monoisotopic (exact) mass is 701 g/mol. The Bertz CT molecular complexity index is 3320. The lowest BCUT2D eigenvalue weighted by Gasteiger charge is -2.15. The highest BCUT2D eigenvalue weighted by Crippen LogP contribution is 2.49. The van der Waals surface area contributed by atoms with Gasteiger partial charge in [0.2, 0.25) is 5.71 Å². The Morgan fingerprint density at radius 2 is 1.22 bits per heavy atom. The van der Waals surface area contributed by atoms with E-state index in [-0.39, 0.29) is 5.92 Å². The standard InChI is InChI=1S/C51H31N3O/c1-2-11-36(12-3-1)54-45-17-9-8-15-39(45)43-29-35(23-26-46(43)54)34-22-25-41-42(28-34)38-14-6-7-16-40(38)48(41)33-20-18-32(19-21-33)44-30-52-50-49-37-13-5-4-10-31(37)24-27-47(49)55-51(50)53-44/h1-30,48H. The molecule has 4 nitrogen and oxygen atoms in total. The van der Waals surface area contributed by atoms with Crippen molar-refractivity contribution >= 4 is 54.8 Å². The fraction of sp³-hybridized carbons (Fsp3) is 0.0196. The van der Waals surface area contributed by atoms with Crippen LogP contribution in [0.1, 0.15) is 22.6 Å². The lowest BCUT2D eigenvalue weighted by Crippen LogP contribution is -1.99. The van der Waals surface area contributed by atoms with Crippen molar-refractivity contribution in [1.82, 2.24) is 14.5 Å². The van der Waals surface area contributed by atoms with Gasteiger partial charge in [-0.15, -0.1) is 0 Å². The Kier molecular flexibility index (Phi) is 6.37. The molecular weight excluding hydrogens is 671 g/mol. The Labute approximate surface area is 316 Å². The number of fused-ring (bicyclic) bond motifs is 11. The zero-order valence-electron chi connectivity index (χ0n) is 29.6. The number of aromatic nitrogens is 3. The normalized spacial score (nSPS) is 13.6. The van der Waals surface area contributed by atoms with Gasteiger partial charge in [-0.2, -0.15) is 0 Å². The smallest absolute Gasteiger partial charge is 0.246 e. The van der Waals surface area contributed by atoms with Crippen LogP contribution in [0, 0.1) is 0 Å². The van der Waals surface area contributed by atoms with E-state index in [1.807, 2.05) is 12.3 Å². The molecule has 256 valence electrons. The van der Waals surface area contributed by atoms with Crippen molar-refractivity contribution in [2.75, 3.05) is 0 Å². The number of rotatable bonds is 4. The van der Waals surface area contributed by atoms with Crippen LogP contribution in [0.4, 0.5) is 0 Å². The van der Waals surface area contributed by atoms with Gasteiger partial charge in [0.15, 0.2) is 0 Å². The molecule has 3 aromatic heterocycles. The van der Waals surface area contributed by atoms with E-state index in [1.54, 1.807) is 0 Å². The second-order valence-electron chi connectivity index (χ2n) is 14.5. The van der Waals surface area contributed by atoms with E-state index in [0.29, 0.717) is 5.71 Å². The minimum absolute atomic E-state index is 0.137. The molecule has 0 radical (unpaired) electrons. The van der Waals surface area contributed by atoms with Crippen LogP contribution in [0.5, 0.6) is 0 Å². The van der Waals surface area contributed by atoms with Gasteiger partial charge in [-0.05, 0) is 92.2 Å². The van der Waals surface area contributed by atoms with Gasteiger partial charge < -0.3 is 8.98 Å². The fourth-order valence-corrected chi connectivity index (χ4v) is 9.03. The molecule has 3 heterocycles. The summed E-state index contributed by atoms with van der Waals surface area (Å²) in [6, 6.07) is 63.4. The van der Waals surface area contributed by atoms with E-state index < -0.39 is 0 Å². The average Bonchev–Trinajstić information content (AvgIpc) is 3.91. The van der Waals surface area contributed by atoms with Crippen LogP contribution >= 0.6 is 0 Å². The van der Waals surface area contributed by atoms with Crippen LogP contribution in [0.25, 0.3) is 94.0 Å². The number of hydrogen-bond acceptors (Lipinski definition) is 3. The van der Waals surface area contributed by atoms with Crippen molar-refractivity contribution in [2.45, 2.75) is 5.92 Å². The SMILES string of the molecule is c1ccc(-n2c3ccccc3c3cc(-c4ccc5c(c4)-c4ccccc4C5c4ccc(-c5cnc6c(n5)oc5ccc7ccccc7c56)cc4)ccc32)cc1. The summed E-state index contributed by atoms with van der Waals surface area (Å²) in [5, 5.41) is 5.82. The number of hydrogen-bond donors (Lipinski definition) is 0. The van der Waals surface area contributed by atoms with Gasteiger partial charge in [0.25, 0.3) is 0 Å². The molecule has 0 fully saturated rings. The molecule has 0 amide bonds. The summed E-state index contributed by atoms with van der Waals surface area (Å²) < 4.78 is 8.60. The summed E-state index contributed by atoms with van der Waals surface area (Å²) in [6.45, 7) is 0. The molecule has 0 saturated heterocycles. The van der Waals surface area contributed by atoms with Crippen LogP contribution in [-0.4, -0.2) is 14.5 Å². The second kappa shape index (κ2) is 11.6. The summed E-state index contributed by atoms with van der Waals surface area (Å²) in [7, 11) is 0. The second-order valence-corrected chi connectivity index (χ2v) is 14.5. The third kappa shape index (κ3) is 4.52. The van der Waals surface area contributed by atoms with Crippen molar-refractivity contribution in [1.29, 1.82) is 0 Å². The molecule has 11 aromatic rings. The first-order chi connectivity index (χ1) is 27.3. The Morgan fingerprint density at radius 3 is 2.13 bits per heavy atom. The van der Waals surface area contributed by atoms with Crippen LogP contribution in [0.2, 0.25) is 0 Å². The number of para-hydroxylation sites is 2. The van der Waals surface area contributed by atoms with Gasteiger partial charge in [-0.1, -0.05) is 133 Å². The first-order valence-electron chi connectivity index (χ1n) is 18.8. The van der Waals surface area contributed by atoms with Gasteiger partial charge in [-0.3, -0.25) is 0 Å². The topological polar surface area (TPSA) is 43.9 Å². The lowest BCUT2D eigenvalue weighted by atomic mass is 9.88. The predicted molar refractivity (Wildman–Crippen MR) is 225 cm³/mol. The van der Waals surface area contributed by atoms with Gasteiger partial charge in [0, 0.05) is 27.9 Å². The van der Waals surface area contributed by atoms with Gasteiger partial charge in [0.05, 0.1) is 28.3 Å². The molecule has 1 atom stereocenters. The van der Waals surface area contributed by atoms with E-state index >= 15 is 0 Å². The number of furan rings is 1. The van der Waals surface area contributed by atoms with Crippen LogP contribution < -0.4 is 0 Å². The molecule has 4 heteroatoms. The lowest BCUT2D eigenvalue weighted by molar-refractivity contribution is 0.654. The summed E-state index contributed by atoms with van der Waals surface area (Å²) in [5.41, 5.74) is 16.5. The highest BCUT2D eigenvalue weighted by atomic mass is 16.3. The summed E-state index contributed by atoms with van der Waals surface area (Å²) in [4.78, 5) is 9.83. The zero-order valence-corrected chi connectivity index (χ0v) is 29.6. The zero-order chi connectivity index (χ0) is 36.0. The van der Waals surface area contributed by atoms with Crippen LogP contribution in [0.15, 0.2) is 187 Å². The molecule has 0 spiro atoms. The largest absolute Gasteiger partial charge is 0.436 e. The third-order valence-corrected chi connectivity index (χ3v) is 11.6. The molecular formula is C51H31N3O. The summed E-state index contributed by atoms with van der Waals surface area (Å²) in [5.74, 6) is 0.137. The summed E-state index contributed by atoms with van der Waals surface area (Å²) >= 11 is 0. The molecule has 12 rings (SSSR count). The maximum atomic E-state index is 6.23. The Morgan fingerprint density at radius 1 is 0.509 bits per heavy atom.